The zero-order valence-electron chi connectivity index (χ0n) is 9.06. The van der Waals surface area contributed by atoms with Gasteiger partial charge in [0.05, 0.1) is 17.7 Å². The number of thiocarbonyl (C=S) groups is 1. The summed E-state index contributed by atoms with van der Waals surface area (Å²) in [6, 6.07) is 0.249. The van der Waals surface area contributed by atoms with Crippen molar-refractivity contribution < 1.29 is 9.84 Å². The zero-order chi connectivity index (χ0) is 11.1. The van der Waals surface area contributed by atoms with Crippen LogP contribution in [-0.4, -0.2) is 54.4 Å². The molecule has 0 amide bonds. The lowest BCUT2D eigenvalue weighted by molar-refractivity contribution is 0.0365. The number of ether oxygens (including phenoxy) is 1. The standard InChI is InChI=1S/C9H20N2O2S/c1-7(4-9(10)14)11(2)5-8(12)6-13-3/h7-8,12H,4-6H2,1-3H3,(H2,10,14). The lowest BCUT2D eigenvalue weighted by Crippen LogP contribution is -2.39. The van der Waals surface area contributed by atoms with Gasteiger partial charge in [0.25, 0.3) is 0 Å². The molecule has 0 aliphatic heterocycles. The Morgan fingerprint density at radius 3 is 2.64 bits per heavy atom. The highest BCUT2D eigenvalue weighted by Gasteiger charge is 2.14. The topological polar surface area (TPSA) is 58.7 Å². The summed E-state index contributed by atoms with van der Waals surface area (Å²) in [5, 5.41) is 9.47. The van der Waals surface area contributed by atoms with Gasteiger partial charge in [0, 0.05) is 26.1 Å². The van der Waals surface area contributed by atoms with Crippen LogP contribution in [0.3, 0.4) is 0 Å². The van der Waals surface area contributed by atoms with E-state index >= 15 is 0 Å². The van der Waals surface area contributed by atoms with Crippen molar-refractivity contribution in [1.82, 2.24) is 4.90 Å². The van der Waals surface area contributed by atoms with Crippen molar-refractivity contribution >= 4 is 17.2 Å². The quantitative estimate of drug-likeness (QED) is 0.591. The molecular weight excluding hydrogens is 200 g/mol. The number of nitrogens with zero attached hydrogens (tertiary/aromatic N) is 1. The zero-order valence-corrected chi connectivity index (χ0v) is 9.88. The molecule has 0 heterocycles. The number of methoxy groups -OCH3 is 1. The van der Waals surface area contributed by atoms with Gasteiger partial charge in [-0.2, -0.15) is 0 Å². The molecule has 14 heavy (non-hydrogen) atoms. The maximum atomic E-state index is 9.47. The highest BCUT2D eigenvalue weighted by molar-refractivity contribution is 7.80. The number of hydrogen-bond acceptors (Lipinski definition) is 4. The van der Waals surface area contributed by atoms with Crippen LogP contribution in [0.5, 0.6) is 0 Å². The van der Waals surface area contributed by atoms with E-state index in [1.807, 2.05) is 18.9 Å². The highest BCUT2D eigenvalue weighted by Crippen LogP contribution is 2.02. The fourth-order valence-corrected chi connectivity index (χ4v) is 1.45. The fourth-order valence-electron chi connectivity index (χ4n) is 1.20. The summed E-state index contributed by atoms with van der Waals surface area (Å²) in [6.45, 7) is 2.94. The minimum Gasteiger partial charge on any atom is -0.393 e. The second kappa shape index (κ2) is 7.11. The largest absolute Gasteiger partial charge is 0.393 e. The maximum absolute atomic E-state index is 9.47. The number of nitrogens with two attached hydrogens (primary N) is 1. The van der Waals surface area contributed by atoms with Crippen molar-refractivity contribution in [3.8, 4) is 0 Å². The predicted molar refractivity (Wildman–Crippen MR) is 61.4 cm³/mol. The lowest BCUT2D eigenvalue weighted by Gasteiger charge is -2.26. The van der Waals surface area contributed by atoms with E-state index in [1.54, 1.807) is 7.11 Å². The Balaban J connectivity index is 3.81. The summed E-state index contributed by atoms with van der Waals surface area (Å²) in [4.78, 5) is 2.52. The molecular formula is C9H20N2O2S. The molecule has 84 valence electrons. The van der Waals surface area contributed by atoms with Crippen LogP contribution in [0, 0.1) is 0 Å². The number of likely N-dealkylation sites (N-methyl/N-ethyl adjacent to an activating group) is 1. The highest BCUT2D eigenvalue weighted by atomic mass is 32.1. The Bertz CT molecular complexity index is 178. The molecule has 0 rings (SSSR count). The van der Waals surface area contributed by atoms with Crippen molar-refractivity contribution in [2.75, 3.05) is 27.3 Å². The van der Waals surface area contributed by atoms with Crippen LogP contribution in [0.15, 0.2) is 0 Å². The van der Waals surface area contributed by atoms with Crippen LogP contribution in [-0.2, 0) is 4.74 Å². The average Bonchev–Trinajstić information content (AvgIpc) is 2.02. The van der Waals surface area contributed by atoms with Crippen LogP contribution in [0.4, 0.5) is 0 Å². The van der Waals surface area contributed by atoms with Crippen LogP contribution in [0.2, 0.25) is 0 Å². The van der Waals surface area contributed by atoms with E-state index in [9.17, 15) is 5.11 Å². The van der Waals surface area contributed by atoms with Gasteiger partial charge in [-0.25, -0.2) is 0 Å². The molecule has 0 aromatic rings. The third kappa shape index (κ3) is 6.26. The van der Waals surface area contributed by atoms with Gasteiger partial charge in [-0.15, -0.1) is 0 Å². The summed E-state index contributed by atoms with van der Waals surface area (Å²) < 4.78 is 4.84. The van der Waals surface area contributed by atoms with Gasteiger partial charge in [-0.05, 0) is 14.0 Å². The second-order valence-electron chi connectivity index (χ2n) is 3.57. The first-order chi connectivity index (χ1) is 6.47. The summed E-state index contributed by atoms with van der Waals surface area (Å²) in [5.41, 5.74) is 5.44. The monoisotopic (exact) mass is 220 g/mol. The summed E-state index contributed by atoms with van der Waals surface area (Å²) >= 11 is 4.82. The molecule has 2 atom stereocenters. The molecule has 0 spiro atoms. The van der Waals surface area contributed by atoms with Crippen molar-refractivity contribution in [2.45, 2.75) is 25.5 Å². The van der Waals surface area contributed by atoms with Crippen molar-refractivity contribution in [3.05, 3.63) is 0 Å². The van der Waals surface area contributed by atoms with E-state index in [1.165, 1.54) is 0 Å². The SMILES string of the molecule is COCC(O)CN(C)C(C)CC(N)=S. The van der Waals surface area contributed by atoms with Gasteiger partial charge in [0.1, 0.15) is 0 Å². The number of aliphatic hydroxyl groups is 1. The Hall–Kier alpha value is -0.230. The van der Waals surface area contributed by atoms with E-state index < -0.39 is 6.10 Å². The first kappa shape index (κ1) is 13.8. The first-order valence-electron chi connectivity index (χ1n) is 4.63. The second-order valence-corrected chi connectivity index (χ2v) is 4.09. The maximum Gasteiger partial charge on any atom is 0.0900 e. The molecule has 0 saturated carbocycles. The first-order valence-corrected chi connectivity index (χ1v) is 5.03. The van der Waals surface area contributed by atoms with Gasteiger partial charge in [0.15, 0.2) is 0 Å². The van der Waals surface area contributed by atoms with Gasteiger partial charge in [0.2, 0.25) is 0 Å². The molecule has 0 bridgehead atoms. The summed E-state index contributed by atoms with van der Waals surface area (Å²) in [5.74, 6) is 0. The average molecular weight is 220 g/mol. The van der Waals surface area contributed by atoms with Gasteiger partial charge < -0.3 is 20.5 Å². The van der Waals surface area contributed by atoms with Crippen LogP contribution >= 0.6 is 12.2 Å². The summed E-state index contributed by atoms with van der Waals surface area (Å²) in [7, 11) is 3.50. The number of hydrogen-bond donors (Lipinski definition) is 2. The van der Waals surface area contributed by atoms with Gasteiger partial charge in [-0.1, -0.05) is 12.2 Å². The molecule has 5 heteroatoms. The third-order valence-corrected chi connectivity index (χ3v) is 2.27. The molecule has 0 radical (unpaired) electrons. The Morgan fingerprint density at radius 1 is 1.64 bits per heavy atom. The van der Waals surface area contributed by atoms with Gasteiger partial charge in [-0.3, -0.25) is 0 Å². The van der Waals surface area contributed by atoms with E-state index in [4.69, 9.17) is 22.7 Å². The number of aliphatic hydroxyl groups excluding tert-OH is 1. The van der Waals surface area contributed by atoms with Crippen LogP contribution < -0.4 is 5.73 Å². The van der Waals surface area contributed by atoms with E-state index in [0.717, 1.165) is 0 Å². The van der Waals surface area contributed by atoms with Gasteiger partial charge >= 0.3 is 0 Å². The Morgan fingerprint density at radius 2 is 2.21 bits per heavy atom. The third-order valence-electron chi connectivity index (χ3n) is 2.11. The molecule has 2 unspecified atom stereocenters. The van der Waals surface area contributed by atoms with E-state index in [-0.39, 0.29) is 6.04 Å². The van der Waals surface area contributed by atoms with Crippen molar-refractivity contribution in [3.63, 3.8) is 0 Å². The van der Waals surface area contributed by atoms with Crippen molar-refractivity contribution in [1.29, 1.82) is 0 Å². The normalized spacial score (nSPS) is 15.5. The van der Waals surface area contributed by atoms with Crippen LogP contribution in [0.1, 0.15) is 13.3 Å². The molecule has 0 fully saturated rings. The molecule has 0 aromatic heterocycles. The summed E-state index contributed by atoms with van der Waals surface area (Å²) in [6.07, 6.45) is 0.213. The van der Waals surface area contributed by atoms with E-state index in [0.29, 0.717) is 24.6 Å². The molecule has 0 aliphatic carbocycles. The minimum atomic E-state index is -0.459. The molecule has 3 N–H and O–H groups in total. The minimum absolute atomic E-state index is 0.249. The molecule has 0 aromatic carbocycles. The predicted octanol–water partition coefficient (Wildman–Crippen LogP) is -0.00980. The number of rotatable bonds is 7. The smallest absolute Gasteiger partial charge is 0.0900 e. The lowest BCUT2D eigenvalue weighted by atomic mass is 10.2. The van der Waals surface area contributed by atoms with E-state index in [2.05, 4.69) is 0 Å². The molecule has 0 saturated heterocycles. The van der Waals surface area contributed by atoms with Crippen LogP contribution in [0.25, 0.3) is 0 Å². The van der Waals surface area contributed by atoms with Crippen molar-refractivity contribution in [2.24, 2.45) is 5.73 Å². The Kier molecular flexibility index (Phi) is 7.00. The molecule has 4 nitrogen and oxygen atoms in total. The Labute approximate surface area is 91.0 Å². The fraction of sp³-hybridized carbons (Fsp3) is 0.889. The molecule has 0 aliphatic rings.